The van der Waals surface area contributed by atoms with E-state index in [1.165, 1.54) is 14.2 Å². The van der Waals surface area contributed by atoms with Crippen LogP contribution >= 0.6 is 0 Å². The standard InChI is InChI=1S/C36H53NO11/c1-9-37-17-33(18-41-3)23(38)14-24(44-6)36-20-15-34(40)25(45-7)16-35(47-10-2,27(30(36)37)28(46-8)29(33)36)26(20)31(34)48-32(39)19-11-12-21(42-4)22(13-19)43-5/h11-13,20,23-31,38,40H,9-10,14-18H2,1-8H3/t20-,23-,24+,25+,26-,27-,28+,29-,30-,31-,33+,34+,35-,36?/m1/s1. The van der Waals surface area contributed by atoms with E-state index >= 15 is 0 Å². The lowest BCUT2D eigenvalue weighted by atomic mass is 9.42. The first-order chi connectivity index (χ1) is 23.1. The van der Waals surface area contributed by atoms with Crippen LogP contribution in [0.5, 0.6) is 11.5 Å². The number of aliphatic hydroxyl groups excluding tert-OH is 1. The molecular weight excluding hydrogens is 622 g/mol. The molecule has 1 spiro atoms. The van der Waals surface area contributed by atoms with Crippen molar-refractivity contribution < 1.29 is 52.9 Å². The van der Waals surface area contributed by atoms with Gasteiger partial charge in [-0.3, -0.25) is 4.90 Å². The van der Waals surface area contributed by atoms with E-state index in [4.69, 9.17) is 37.9 Å². The summed E-state index contributed by atoms with van der Waals surface area (Å²) in [7, 11) is 9.84. The molecule has 268 valence electrons. The fourth-order valence-corrected chi connectivity index (χ4v) is 12.7. The number of methoxy groups -OCH3 is 6. The van der Waals surface area contributed by atoms with Gasteiger partial charge in [0.15, 0.2) is 11.5 Å². The normalized spacial score (nSPS) is 46.8. The SMILES string of the molecule is CCO[C@]12C[C@H](OC)[C@@]3(O)C[C@H]([C@@H]1[C@H]3OC(=O)c1ccc(OC)c(OC)c1)C13[C@@H](OC)C[C@@H](O)[C@@]4(COC)CN(CC)[C@@H]1[C@H]2[C@H](OC)[C@@H]34. The van der Waals surface area contributed by atoms with Gasteiger partial charge in [-0.15, -0.1) is 0 Å². The van der Waals surface area contributed by atoms with Crippen molar-refractivity contribution in [3.63, 3.8) is 0 Å². The minimum absolute atomic E-state index is 0.0344. The number of aliphatic hydroxyl groups is 2. The monoisotopic (exact) mass is 675 g/mol. The first-order valence-corrected chi connectivity index (χ1v) is 17.4. The molecule has 7 rings (SSSR count). The van der Waals surface area contributed by atoms with Gasteiger partial charge in [-0.1, -0.05) is 6.92 Å². The molecule has 1 aromatic carbocycles. The molecule has 0 amide bonds. The lowest BCUT2D eigenvalue weighted by Crippen LogP contribution is -2.79. The summed E-state index contributed by atoms with van der Waals surface area (Å²) in [5, 5.41) is 25.0. The van der Waals surface area contributed by atoms with Gasteiger partial charge in [0.2, 0.25) is 0 Å². The van der Waals surface area contributed by atoms with Crippen molar-refractivity contribution in [3.8, 4) is 11.5 Å². The van der Waals surface area contributed by atoms with Crippen LogP contribution in [-0.4, -0.2) is 138 Å². The highest BCUT2D eigenvalue weighted by molar-refractivity contribution is 5.90. The van der Waals surface area contributed by atoms with Gasteiger partial charge < -0.3 is 48.1 Å². The number of rotatable bonds is 12. The fraction of sp³-hybridized carbons (Fsp3) is 0.806. The molecule has 48 heavy (non-hydrogen) atoms. The minimum atomic E-state index is -1.50. The molecule has 0 aromatic heterocycles. The van der Waals surface area contributed by atoms with Crippen LogP contribution in [0.1, 0.15) is 43.5 Å². The number of carbonyl (C=O) groups is 1. The van der Waals surface area contributed by atoms with Crippen LogP contribution in [0.2, 0.25) is 0 Å². The van der Waals surface area contributed by atoms with Gasteiger partial charge in [0.1, 0.15) is 11.7 Å². The maximum Gasteiger partial charge on any atom is 0.338 e. The Hall–Kier alpha value is -2.03. The topological polar surface area (TPSA) is 135 Å². The largest absolute Gasteiger partial charge is 0.493 e. The lowest BCUT2D eigenvalue weighted by molar-refractivity contribution is -0.304. The highest BCUT2D eigenvalue weighted by atomic mass is 16.6. The highest BCUT2D eigenvalue weighted by Crippen LogP contribution is 2.80. The van der Waals surface area contributed by atoms with E-state index in [-0.39, 0.29) is 41.6 Å². The minimum Gasteiger partial charge on any atom is -0.493 e. The number of piperidine rings is 1. The van der Waals surface area contributed by atoms with Gasteiger partial charge in [-0.25, -0.2) is 4.79 Å². The zero-order valence-corrected chi connectivity index (χ0v) is 29.5. The number of hydrogen-bond acceptors (Lipinski definition) is 12. The van der Waals surface area contributed by atoms with E-state index in [0.29, 0.717) is 50.5 Å². The molecule has 1 unspecified atom stereocenters. The highest BCUT2D eigenvalue weighted by Gasteiger charge is 2.90. The smallest absolute Gasteiger partial charge is 0.338 e. The quantitative estimate of drug-likeness (QED) is 0.315. The van der Waals surface area contributed by atoms with Crippen LogP contribution < -0.4 is 9.47 Å². The second-order valence-corrected chi connectivity index (χ2v) is 14.9. The molecule has 1 aromatic rings. The van der Waals surface area contributed by atoms with Crippen LogP contribution in [-0.2, 0) is 28.4 Å². The molecule has 12 heteroatoms. The van der Waals surface area contributed by atoms with Crippen molar-refractivity contribution in [3.05, 3.63) is 23.8 Å². The summed E-state index contributed by atoms with van der Waals surface area (Å²) in [5.41, 5.74) is -3.31. The molecule has 1 heterocycles. The summed E-state index contributed by atoms with van der Waals surface area (Å²) >= 11 is 0. The van der Waals surface area contributed by atoms with Gasteiger partial charge >= 0.3 is 5.97 Å². The molecule has 5 aliphatic carbocycles. The van der Waals surface area contributed by atoms with E-state index in [0.717, 1.165) is 6.54 Å². The first kappa shape index (κ1) is 34.4. The number of ether oxygens (including phenoxy) is 8. The number of esters is 1. The van der Waals surface area contributed by atoms with Crippen LogP contribution in [0.4, 0.5) is 0 Å². The number of nitrogens with zero attached hydrogens (tertiary/aromatic N) is 1. The first-order valence-electron chi connectivity index (χ1n) is 17.4. The Labute approximate surface area is 283 Å². The van der Waals surface area contributed by atoms with Gasteiger partial charge in [-0.2, -0.15) is 0 Å². The van der Waals surface area contributed by atoms with E-state index in [1.54, 1.807) is 46.6 Å². The van der Waals surface area contributed by atoms with Gasteiger partial charge in [0.05, 0.1) is 56.4 Å². The number of fused-ring (bicyclic) bond motifs is 2. The van der Waals surface area contributed by atoms with Crippen LogP contribution in [0.15, 0.2) is 18.2 Å². The molecule has 0 radical (unpaired) electrons. The zero-order chi connectivity index (χ0) is 34.4. The van der Waals surface area contributed by atoms with E-state index in [2.05, 4.69) is 11.8 Å². The van der Waals surface area contributed by atoms with Gasteiger partial charge in [0, 0.05) is 89.1 Å². The second-order valence-electron chi connectivity index (χ2n) is 14.9. The van der Waals surface area contributed by atoms with Crippen LogP contribution in [0.25, 0.3) is 0 Å². The van der Waals surface area contributed by atoms with Gasteiger partial charge in [-0.05, 0) is 44.0 Å². The van der Waals surface area contributed by atoms with Crippen molar-refractivity contribution in [2.24, 2.45) is 34.5 Å². The number of carbonyl (C=O) groups excluding carboxylic acids is 1. The Morgan fingerprint density at radius 3 is 2.29 bits per heavy atom. The van der Waals surface area contributed by atoms with Crippen LogP contribution in [0.3, 0.4) is 0 Å². The summed E-state index contributed by atoms with van der Waals surface area (Å²) in [6.07, 6.45) is -1.81. The van der Waals surface area contributed by atoms with E-state index < -0.39 is 52.2 Å². The third-order valence-electron chi connectivity index (χ3n) is 13.8. The molecule has 2 N–H and O–H groups in total. The summed E-state index contributed by atoms with van der Waals surface area (Å²) in [6, 6.07) is 4.87. The molecule has 1 saturated heterocycles. The number of likely N-dealkylation sites (tertiary alicyclic amines) is 1. The summed E-state index contributed by atoms with van der Waals surface area (Å²) < 4.78 is 49.7. The Morgan fingerprint density at radius 1 is 0.958 bits per heavy atom. The molecule has 14 atom stereocenters. The van der Waals surface area contributed by atoms with Crippen molar-refractivity contribution in [1.29, 1.82) is 0 Å². The molecule has 5 saturated carbocycles. The molecular formula is C36H53NO11. The zero-order valence-electron chi connectivity index (χ0n) is 29.5. The third kappa shape index (κ3) is 4.03. The van der Waals surface area contributed by atoms with Crippen molar-refractivity contribution in [2.75, 3.05) is 69.0 Å². The molecule has 6 fully saturated rings. The molecule has 7 bridgehead atoms. The molecule has 12 nitrogen and oxygen atoms in total. The Kier molecular flexibility index (Phi) is 8.64. The number of hydrogen-bond donors (Lipinski definition) is 2. The predicted molar refractivity (Wildman–Crippen MR) is 172 cm³/mol. The van der Waals surface area contributed by atoms with Gasteiger partial charge in [0.25, 0.3) is 0 Å². The molecule has 1 aliphatic heterocycles. The Balaban J connectivity index is 1.44. The van der Waals surface area contributed by atoms with E-state index in [1.807, 2.05) is 6.92 Å². The van der Waals surface area contributed by atoms with Crippen molar-refractivity contribution >= 4 is 5.97 Å². The maximum atomic E-state index is 14.1. The third-order valence-corrected chi connectivity index (χ3v) is 13.8. The second kappa shape index (κ2) is 12.0. The predicted octanol–water partition coefficient (Wildman–Crippen LogP) is 2.17. The average molecular weight is 676 g/mol. The summed E-state index contributed by atoms with van der Waals surface area (Å²) in [4.78, 5) is 16.6. The van der Waals surface area contributed by atoms with E-state index in [9.17, 15) is 15.0 Å². The van der Waals surface area contributed by atoms with Crippen molar-refractivity contribution in [1.82, 2.24) is 4.90 Å². The molecule has 6 aliphatic rings. The summed E-state index contributed by atoms with van der Waals surface area (Å²) in [6.45, 7) is 6.32. The Bertz CT molecular complexity index is 1400. The lowest BCUT2D eigenvalue weighted by Gasteiger charge is -2.70. The maximum absolute atomic E-state index is 14.1. The summed E-state index contributed by atoms with van der Waals surface area (Å²) in [5.74, 6) is -0.656. The average Bonchev–Trinajstić information content (AvgIpc) is 3.46. The van der Waals surface area contributed by atoms with Crippen molar-refractivity contribution in [2.45, 2.75) is 80.9 Å². The fourth-order valence-electron chi connectivity index (χ4n) is 12.7. The van der Waals surface area contributed by atoms with Crippen LogP contribution in [0, 0.1) is 34.5 Å². The number of benzene rings is 1. The Morgan fingerprint density at radius 2 is 1.69 bits per heavy atom.